The number of carbonyl (C=O) groups excluding carboxylic acids is 1. The number of ether oxygens (including phenoxy) is 1. The molecule has 1 amide bonds. The minimum Gasteiger partial charge on any atom is -0.495 e. The molecule has 0 bridgehead atoms. The number of primary amides is 1. The maximum Gasteiger partial charge on any atom is 0.453 e. The Kier molecular flexibility index (Phi) is 7.35. The Morgan fingerprint density at radius 3 is 2.45 bits per heavy atom. The highest BCUT2D eigenvalue weighted by Gasteiger charge is 2.43. The zero-order chi connectivity index (χ0) is 27.8. The number of nitrogens with zero attached hydrogens (tertiary/aromatic N) is 5. The number of carbonyl (C=O) groups is 1. The van der Waals surface area contributed by atoms with Gasteiger partial charge in [0, 0.05) is 24.4 Å². The van der Waals surface area contributed by atoms with Gasteiger partial charge in [-0.2, -0.15) is 17.9 Å². The molecule has 0 radical (unpaired) electrons. The molecule has 2 N–H and O–H groups in total. The SMILES string of the molecule is COc1ccc(-n2nnnc2C(F)(F)F)cc1N(C)[C@@H]1CC[C@H](CC(C)(C)C(N)=O)[C@@H]1c1ccc(F)cc1. The Labute approximate surface area is 217 Å². The van der Waals surface area contributed by atoms with Crippen molar-refractivity contribution in [2.45, 2.75) is 51.2 Å². The van der Waals surface area contributed by atoms with Crippen molar-refractivity contribution in [2.24, 2.45) is 17.1 Å². The Balaban J connectivity index is 1.75. The van der Waals surface area contributed by atoms with E-state index in [9.17, 15) is 22.4 Å². The fourth-order valence-corrected chi connectivity index (χ4v) is 5.46. The molecule has 204 valence electrons. The summed E-state index contributed by atoms with van der Waals surface area (Å²) < 4.78 is 60.4. The van der Waals surface area contributed by atoms with Gasteiger partial charge < -0.3 is 15.4 Å². The van der Waals surface area contributed by atoms with E-state index in [4.69, 9.17) is 10.5 Å². The van der Waals surface area contributed by atoms with E-state index in [0.717, 1.165) is 18.4 Å². The van der Waals surface area contributed by atoms with Gasteiger partial charge in [0.15, 0.2) is 0 Å². The number of hydrogen-bond donors (Lipinski definition) is 1. The van der Waals surface area contributed by atoms with Gasteiger partial charge in [0.1, 0.15) is 11.6 Å². The second-order valence-electron chi connectivity index (χ2n) is 10.3. The summed E-state index contributed by atoms with van der Waals surface area (Å²) >= 11 is 0. The third-order valence-corrected chi connectivity index (χ3v) is 7.46. The van der Waals surface area contributed by atoms with Crippen LogP contribution < -0.4 is 15.4 Å². The number of hydrogen-bond acceptors (Lipinski definition) is 6. The lowest BCUT2D eigenvalue weighted by Crippen LogP contribution is -2.38. The van der Waals surface area contributed by atoms with Crippen molar-refractivity contribution >= 4 is 11.6 Å². The Morgan fingerprint density at radius 1 is 1.16 bits per heavy atom. The van der Waals surface area contributed by atoms with Gasteiger partial charge in [0.05, 0.1) is 18.5 Å². The highest BCUT2D eigenvalue weighted by molar-refractivity contribution is 5.79. The zero-order valence-corrected chi connectivity index (χ0v) is 21.5. The number of amides is 1. The monoisotopic (exact) mass is 534 g/mol. The number of anilines is 1. The van der Waals surface area contributed by atoms with E-state index < -0.39 is 23.3 Å². The van der Waals surface area contributed by atoms with Crippen LogP contribution in [0.1, 0.15) is 50.4 Å². The van der Waals surface area contributed by atoms with E-state index in [1.54, 1.807) is 24.3 Å². The van der Waals surface area contributed by atoms with Gasteiger partial charge in [-0.15, -0.1) is 5.10 Å². The number of benzene rings is 2. The molecule has 0 unspecified atom stereocenters. The van der Waals surface area contributed by atoms with Crippen molar-refractivity contribution in [3.05, 3.63) is 59.7 Å². The molecule has 1 fully saturated rings. The molecule has 0 saturated heterocycles. The first-order chi connectivity index (χ1) is 17.8. The number of nitrogens with two attached hydrogens (primary N) is 1. The predicted octanol–water partition coefficient (Wildman–Crippen LogP) is 4.73. The van der Waals surface area contributed by atoms with Crippen molar-refractivity contribution in [1.29, 1.82) is 0 Å². The number of methoxy groups -OCH3 is 1. The quantitative estimate of drug-likeness (QED) is 0.420. The van der Waals surface area contributed by atoms with Crippen LogP contribution in [0.25, 0.3) is 5.69 Å². The first kappa shape index (κ1) is 27.3. The van der Waals surface area contributed by atoms with Crippen LogP contribution in [0.5, 0.6) is 5.75 Å². The van der Waals surface area contributed by atoms with Gasteiger partial charge in [-0.3, -0.25) is 4.79 Å². The van der Waals surface area contributed by atoms with Crippen LogP contribution in [0.3, 0.4) is 0 Å². The standard InChI is InChI=1S/C26H30F4N6O2/c1-25(2,23(31)37)14-16-7-11-19(22(16)15-5-8-17(27)9-6-15)35(3)20-13-18(10-12-21(20)38-4)36-24(26(28,29)30)32-33-34-36/h5-6,8-10,12-13,16,19,22H,7,11,14H2,1-4H3,(H2,31,37)/t16-,19-,22+/m1/s1. The van der Waals surface area contributed by atoms with E-state index in [-0.39, 0.29) is 29.4 Å². The Hall–Kier alpha value is -3.70. The number of alkyl halides is 3. The van der Waals surface area contributed by atoms with Gasteiger partial charge in [0.25, 0.3) is 5.82 Å². The fraction of sp³-hybridized carbons (Fsp3) is 0.462. The molecule has 3 atom stereocenters. The normalized spacial score (nSPS) is 19.9. The average molecular weight is 535 g/mol. The Morgan fingerprint density at radius 2 is 1.84 bits per heavy atom. The number of likely N-dealkylation sites (N-methyl/N-ethyl adjacent to an activating group) is 1. The molecule has 1 heterocycles. The summed E-state index contributed by atoms with van der Waals surface area (Å²) in [5, 5.41) is 9.89. The van der Waals surface area contributed by atoms with E-state index in [1.807, 2.05) is 25.8 Å². The lowest BCUT2D eigenvalue weighted by atomic mass is 9.75. The third kappa shape index (κ3) is 5.30. The van der Waals surface area contributed by atoms with Crippen molar-refractivity contribution in [3.63, 3.8) is 0 Å². The first-order valence-corrected chi connectivity index (χ1v) is 12.2. The molecule has 38 heavy (non-hydrogen) atoms. The maximum atomic E-state index is 13.8. The molecular weight excluding hydrogens is 504 g/mol. The molecule has 3 aromatic rings. The molecule has 4 rings (SSSR count). The lowest BCUT2D eigenvalue weighted by molar-refractivity contribution is -0.146. The highest BCUT2D eigenvalue weighted by atomic mass is 19.4. The smallest absolute Gasteiger partial charge is 0.453 e. The van der Waals surface area contributed by atoms with Crippen LogP contribution in [-0.4, -0.2) is 46.3 Å². The van der Waals surface area contributed by atoms with Crippen LogP contribution in [0.2, 0.25) is 0 Å². The molecule has 2 aromatic carbocycles. The minimum atomic E-state index is -4.74. The van der Waals surface area contributed by atoms with Gasteiger partial charge in [0.2, 0.25) is 5.91 Å². The fourth-order valence-electron chi connectivity index (χ4n) is 5.46. The molecule has 0 spiro atoms. The molecule has 8 nitrogen and oxygen atoms in total. The molecule has 12 heteroatoms. The second-order valence-corrected chi connectivity index (χ2v) is 10.3. The average Bonchev–Trinajstić information content (AvgIpc) is 3.51. The predicted molar refractivity (Wildman–Crippen MR) is 132 cm³/mol. The lowest BCUT2D eigenvalue weighted by Gasteiger charge is -2.36. The number of aromatic nitrogens is 4. The van der Waals surface area contributed by atoms with Crippen molar-refractivity contribution in [1.82, 2.24) is 20.2 Å². The molecule has 1 aliphatic rings. The van der Waals surface area contributed by atoms with Crippen LogP contribution >= 0.6 is 0 Å². The van der Waals surface area contributed by atoms with Crippen LogP contribution in [0.4, 0.5) is 23.2 Å². The summed E-state index contributed by atoms with van der Waals surface area (Å²) in [5.74, 6) is -1.59. The zero-order valence-electron chi connectivity index (χ0n) is 21.5. The summed E-state index contributed by atoms with van der Waals surface area (Å²) in [6, 6.07) is 10.7. The summed E-state index contributed by atoms with van der Waals surface area (Å²) in [7, 11) is 3.32. The molecule has 1 aromatic heterocycles. The summed E-state index contributed by atoms with van der Waals surface area (Å²) in [5.41, 5.74) is 6.48. The van der Waals surface area contributed by atoms with Gasteiger partial charge >= 0.3 is 6.18 Å². The number of halogens is 4. The van der Waals surface area contributed by atoms with E-state index >= 15 is 0 Å². The molecular formula is C26H30F4N6O2. The Bertz CT molecular complexity index is 1290. The topological polar surface area (TPSA) is 99.2 Å². The molecule has 1 saturated carbocycles. The van der Waals surface area contributed by atoms with E-state index in [1.165, 1.54) is 25.3 Å². The second kappa shape index (κ2) is 10.2. The third-order valence-electron chi connectivity index (χ3n) is 7.46. The van der Waals surface area contributed by atoms with E-state index in [2.05, 4.69) is 15.5 Å². The summed E-state index contributed by atoms with van der Waals surface area (Å²) in [4.78, 5) is 14.1. The van der Waals surface area contributed by atoms with Gasteiger partial charge in [-0.05, 0) is 71.5 Å². The summed E-state index contributed by atoms with van der Waals surface area (Å²) in [6.07, 6.45) is -2.70. The minimum absolute atomic E-state index is 0.0564. The summed E-state index contributed by atoms with van der Waals surface area (Å²) in [6.45, 7) is 3.62. The van der Waals surface area contributed by atoms with Crippen LogP contribution in [0, 0.1) is 17.2 Å². The largest absolute Gasteiger partial charge is 0.495 e. The van der Waals surface area contributed by atoms with Gasteiger partial charge in [-0.1, -0.05) is 26.0 Å². The number of rotatable bonds is 8. The molecule has 0 aliphatic heterocycles. The maximum absolute atomic E-state index is 13.8. The van der Waals surface area contributed by atoms with Gasteiger partial charge in [-0.25, -0.2) is 4.39 Å². The highest BCUT2D eigenvalue weighted by Crippen LogP contribution is 2.49. The van der Waals surface area contributed by atoms with Crippen LogP contribution in [-0.2, 0) is 11.0 Å². The number of tetrazole rings is 1. The van der Waals surface area contributed by atoms with Crippen molar-refractivity contribution in [2.75, 3.05) is 19.1 Å². The van der Waals surface area contributed by atoms with Crippen molar-refractivity contribution < 1.29 is 27.1 Å². The van der Waals surface area contributed by atoms with Crippen molar-refractivity contribution in [3.8, 4) is 11.4 Å². The van der Waals surface area contributed by atoms with E-state index in [0.29, 0.717) is 22.5 Å². The molecule has 1 aliphatic carbocycles. The van der Waals surface area contributed by atoms with Crippen LogP contribution in [0.15, 0.2) is 42.5 Å². The first-order valence-electron chi connectivity index (χ1n) is 12.2.